The van der Waals surface area contributed by atoms with E-state index >= 15 is 0 Å². The number of anilines is 2. The normalized spacial score (nSPS) is 11.3. The topological polar surface area (TPSA) is 76.7 Å². The molecule has 39 heavy (non-hydrogen) atoms. The van der Waals surface area contributed by atoms with Crippen LogP contribution in [0.2, 0.25) is 0 Å². The number of benzene rings is 4. The average Bonchev–Trinajstić information content (AvgIpc) is 2.99. The van der Waals surface area contributed by atoms with Gasteiger partial charge in [0.05, 0.1) is 7.11 Å². The molecule has 0 heterocycles. The molecule has 0 aliphatic carbocycles. The van der Waals surface area contributed by atoms with Crippen molar-refractivity contribution in [3.8, 4) is 5.75 Å². The Hall–Kier alpha value is -4.23. The van der Waals surface area contributed by atoms with Crippen molar-refractivity contribution < 1.29 is 19.1 Å². The molecule has 0 radical (unpaired) electrons. The van der Waals surface area contributed by atoms with Gasteiger partial charge in [-0.15, -0.1) is 11.8 Å². The van der Waals surface area contributed by atoms with Gasteiger partial charge >= 0.3 is 5.97 Å². The maximum atomic E-state index is 13.1. The fourth-order valence-corrected chi connectivity index (χ4v) is 4.59. The predicted molar refractivity (Wildman–Crippen MR) is 158 cm³/mol. The summed E-state index contributed by atoms with van der Waals surface area (Å²) in [7, 11) is 1.36. The van der Waals surface area contributed by atoms with E-state index in [4.69, 9.17) is 9.47 Å². The maximum Gasteiger partial charge on any atom is 0.328 e. The number of carbonyl (C=O) groups excluding carboxylic acids is 2. The molecule has 4 aromatic rings. The highest BCUT2D eigenvalue weighted by Gasteiger charge is 2.22. The van der Waals surface area contributed by atoms with Gasteiger partial charge in [-0.25, -0.2) is 4.79 Å². The molecule has 1 atom stereocenters. The number of hydrogen-bond acceptors (Lipinski definition) is 7. The first kappa shape index (κ1) is 27.8. The smallest absolute Gasteiger partial charge is 0.328 e. The van der Waals surface area contributed by atoms with Crippen LogP contribution in [0.5, 0.6) is 5.75 Å². The summed E-state index contributed by atoms with van der Waals surface area (Å²) in [5.74, 6) is 0.226. The van der Waals surface area contributed by atoms with Crippen molar-refractivity contribution in [1.82, 2.24) is 0 Å². The van der Waals surface area contributed by atoms with Crippen molar-refractivity contribution in [2.45, 2.75) is 17.4 Å². The van der Waals surface area contributed by atoms with E-state index in [0.717, 1.165) is 17.0 Å². The van der Waals surface area contributed by atoms with Gasteiger partial charge in [-0.1, -0.05) is 60.7 Å². The Balaban J connectivity index is 1.37. The van der Waals surface area contributed by atoms with Crippen LogP contribution in [-0.4, -0.2) is 44.3 Å². The van der Waals surface area contributed by atoms with Gasteiger partial charge in [0.15, 0.2) is 5.78 Å². The molecule has 0 aromatic heterocycles. The third kappa shape index (κ3) is 7.88. The zero-order valence-corrected chi connectivity index (χ0v) is 22.9. The molecule has 2 N–H and O–H groups in total. The Labute approximate surface area is 233 Å². The number of ketones is 1. The Kier molecular flexibility index (Phi) is 10.0. The van der Waals surface area contributed by atoms with Gasteiger partial charge < -0.3 is 20.1 Å². The largest absolute Gasteiger partial charge is 0.492 e. The fourth-order valence-electron chi connectivity index (χ4n) is 4.13. The van der Waals surface area contributed by atoms with E-state index in [0.29, 0.717) is 36.4 Å². The summed E-state index contributed by atoms with van der Waals surface area (Å²) in [4.78, 5) is 27.0. The second kappa shape index (κ2) is 14.1. The van der Waals surface area contributed by atoms with Gasteiger partial charge in [0.2, 0.25) is 0 Å². The van der Waals surface area contributed by atoms with Crippen LogP contribution in [0.1, 0.15) is 21.5 Å². The third-order valence-corrected chi connectivity index (χ3v) is 6.88. The van der Waals surface area contributed by atoms with E-state index in [1.165, 1.54) is 12.0 Å². The summed E-state index contributed by atoms with van der Waals surface area (Å²) < 4.78 is 10.9. The fraction of sp³-hybridized carbons (Fsp3) is 0.188. The Morgan fingerprint density at radius 3 is 2.36 bits per heavy atom. The summed E-state index contributed by atoms with van der Waals surface area (Å²) in [6, 6.07) is 31.5. The molecule has 0 aliphatic rings. The number of nitrogens with one attached hydrogen (secondary N) is 2. The first-order chi connectivity index (χ1) is 19.1. The first-order valence-corrected chi connectivity index (χ1v) is 13.9. The van der Waals surface area contributed by atoms with Crippen LogP contribution in [-0.2, 0) is 16.0 Å². The number of carbonyl (C=O) groups is 2. The Morgan fingerprint density at radius 1 is 0.872 bits per heavy atom. The van der Waals surface area contributed by atoms with Gasteiger partial charge in [-0.05, 0) is 54.3 Å². The van der Waals surface area contributed by atoms with E-state index in [-0.39, 0.29) is 5.78 Å². The Bertz CT molecular complexity index is 1380. The molecule has 0 saturated carbocycles. The van der Waals surface area contributed by atoms with Crippen molar-refractivity contribution in [1.29, 1.82) is 0 Å². The van der Waals surface area contributed by atoms with Crippen molar-refractivity contribution in [2.24, 2.45) is 0 Å². The average molecular weight is 541 g/mol. The maximum absolute atomic E-state index is 13.1. The SMILES string of the molecule is COC(=O)C(Cc1ccc(OCCNc2cccc(SC)c2)cc1)Nc1ccccc1C(=O)c1ccccc1. The number of ether oxygens (including phenoxy) is 2. The molecule has 0 aliphatic heterocycles. The molecule has 1 unspecified atom stereocenters. The van der Waals surface area contributed by atoms with Gasteiger partial charge in [0.25, 0.3) is 0 Å². The summed E-state index contributed by atoms with van der Waals surface area (Å²) in [6.45, 7) is 1.19. The van der Waals surface area contributed by atoms with E-state index in [1.807, 2.05) is 66.7 Å². The van der Waals surface area contributed by atoms with Gasteiger partial charge in [0, 0.05) is 40.4 Å². The second-order valence-electron chi connectivity index (χ2n) is 8.82. The summed E-state index contributed by atoms with van der Waals surface area (Å²) in [5.41, 5.74) is 3.66. The number of rotatable bonds is 13. The zero-order chi connectivity index (χ0) is 27.5. The van der Waals surface area contributed by atoms with Crippen molar-refractivity contribution in [2.75, 3.05) is 37.2 Å². The number of thioether (sulfide) groups is 1. The second-order valence-corrected chi connectivity index (χ2v) is 9.70. The quantitative estimate of drug-likeness (QED) is 0.0889. The number of para-hydroxylation sites is 1. The molecule has 4 aromatic carbocycles. The number of esters is 1. The molecule has 0 saturated heterocycles. The molecule has 4 rings (SSSR count). The van der Waals surface area contributed by atoms with Gasteiger partial charge in [-0.2, -0.15) is 0 Å². The lowest BCUT2D eigenvalue weighted by molar-refractivity contribution is -0.141. The van der Waals surface area contributed by atoms with Crippen LogP contribution in [0.25, 0.3) is 0 Å². The molecular weight excluding hydrogens is 508 g/mol. The minimum atomic E-state index is -0.673. The molecule has 0 amide bonds. The van der Waals surface area contributed by atoms with Crippen LogP contribution in [0.3, 0.4) is 0 Å². The van der Waals surface area contributed by atoms with E-state index in [2.05, 4.69) is 29.0 Å². The molecule has 200 valence electrons. The predicted octanol–water partition coefficient (Wildman–Crippen LogP) is 6.33. The first-order valence-electron chi connectivity index (χ1n) is 12.7. The molecule has 6 nitrogen and oxygen atoms in total. The summed E-state index contributed by atoms with van der Waals surface area (Å²) >= 11 is 1.71. The number of methoxy groups -OCH3 is 1. The molecule has 0 bridgehead atoms. The van der Waals surface area contributed by atoms with Crippen molar-refractivity contribution >= 4 is 34.9 Å². The van der Waals surface area contributed by atoms with Gasteiger partial charge in [0.1, 0.15) is 18.4 Å². The van der Waals surface area contributed by atoms with E-state index < -0.39 is 12.0 Å². The monoisotopic (exact) mass is 540 g/mol. The lowest BCUT2D eigenvalue weighted by Gasteiger charge is -2.20. The summed E-state index contributed by atoms with van der Waals surface area (Å²) in [6.07, 6.45) is 2.44. The molecule has 0 spiro atoms. The molecule has 0 fully saturated rings. The Morgan fingerprint density at radius 2 is 1.62 bits per heavy atom. The van der Waals surface area contributed by atoms with Crippen LogP contribution in [0, 0.1) is 0 Å². The van der Waals surface area contributed by atoms with Crippen molar-refractivity contribution in [3.05, 3.63) is 120 Å². The molecule has 7 heteroatoms. The highest BCUT2D eigenvalue weighted by molar-refractivity contribution is 7.98. The minimum Gasteiger partial charge on any atom is -0.492 e. The van der Waals surface area contributed by atoms with Crippen LogP contribution in [0.4, 0.5) is 11.4 Å². The zero-order valence-electron chi connectivity index (χ0n) is 22.1. The highest BCUT2D eigenvalue weighted by Crippen LogP contribution is 2.22. The lowest BCUT2D eigenvalue weighted by Crippen LogP contribution is -2.33. The van der Waals surface area contributed by atoms with Crippen LogP contribution < -0.4 is 15.4 Å². The number of hydrogen-bond donors (Lipinski definition) is 2. The third-order valence-electron chi connectivity index (χ3n) is 6.16. The summed E-state index contributed by atoms with van der Waals surface area (Å²) in [5, 5.41) is 6.61. The highest BCUT2D eigenvalue weighted by atomic mass is 32.2. The van der Waals surface area contributed by atoms with Crippen LogP contribution in [0.15, 0.2) is 108 Å². The van der Waals surface area contributed by atoms with Gasteiger partial charge in [-0.3, -0.25) is 4.79 Å². The van der Waals surface area contributed by atoms with Crippen molar-refractivity contribution in [3.63, 3.8) is 0 Å². The lowest BCUT2D eigenvalue weighted by atomic mass is 10.00. The minimum absolute atomic E-state index is 0.115. The molecular formula is C32H32N2O4S. The van der Waals surface area contributed by atoms with Crippen LogP contribution >= 0.6 is 11.8 Å². The van der Waals surface area contributed by atoms with E-state index in [1.54, 1.807) is 36.0 Å². The van der Waals surface area contributed by atoms with E-state index in [9.17, 15) is 9.59 Å². The standard InChI is InChI=1S/C32H32N2O4S/c1-37-32(36)30(34-29-14-7-6-13-28(29)31(35)24-9-4-3-5-10-24)21-23-15-17-26(18-16-23)38-20-19-33-25-11-8-12-27(22-25)39-2/h3-18,22,30,33-34H,19-21H2,1-2H3.